The van der Waals surface area contributed by atoms with E-state index in [1.54, 1.807) is 22.2 Å². The van der Waals surface area contributed by atoms with Gasteiger partial charge in [-0.1, -0.05) is 6.92 Å². The average Bonchev–Trinajstić information content (AvgIpc) is 2.82. The summed E-state index contributed by atoms with van der Waals surface area (Å²) in [5, 5.41) is 14.0. The minimum absolute atomic E-state index is 0.500. The van der Waals surface area contributed by atoms with Gasteiger partial charge in [-0.05, 0) is 19.1 Å². The van der Waals surface area contributed by atoms with Crippen LogP contribution in [-0.2, 0) is 6.42 Å². The highest BCUT2D eigenvalue weighted by atomic mass is 32.1. The molecule has 16 heavy (non-hydrogen) atoms. The Hall–Kier alpha value is -1.34. The van der Waals surface area contributed by atoms with E-state index >= 15 is 0 Å². The molecule has 0 radical (unpaired) electrons. The van der Waals surface area contributed by atoms with Crippen LogP contribution >= 0.6 is 23.6 Å². The van der Waals surface area contributed by atoms with Crippen LogP contribution < -0.4 is 0 Å². The highest BCUT2D eigenvalue weighted by Crippen LogP contribution is 2.06. The second kappa shape index (κ2) is 4.67. The maximum atomic E-state index is 5.07. The van der Waals surface area contributed by atoms with Crippen molar-refractivity contribution in [1.82, 2.24) is 19.9 Å². The third kappa shape index (κ3) is 2.25. The number of aromatic amines is 1. The van der Waals surface area contributed by atoms with Crippen LogP contribution in [0.2, 0.25) is 0 Å². The van der Waals surface area contributed by atoms with Gasteiger partial charge in [0.25, 0.3) is 0 Å². The molecule has 0 aliphatic rings. The van der Waals surface area contributed by atoms with Crippen LogP contribution in [0, 0.1) is 11.7 Å². The minimum Gasteiger partial charge on any atom is -0.250 e. The second-order valence-electron chi connectivity index (χ2n) is 3.15. The van der Waals surface area contributed by atoms with E-state index in [1.165, 1.54) is 0 Å². The van der Waals surface area contributed by atoms with Crippen molar-refractivity contribution in [2.45, 2.75) is 20.3 Å². The van der Waals surface area contributed by atoms with Crippen molar-refractivity contribution in [3.05, 3.63) is 26.7 Å². The standard InChI is InChI=1S/C9H11N5S2/c1-3-8-12-13-9(15)14(8)10-4-7-5-16-6(2)11-7/h4-5H,3H2,1-2H3,(H,13,15)/b10-4+. The summed E-state index contributed by atoms with van der Waals surface area (Å²) in [5.74, 6) is 0.813. The third-order valence-electron chi connectivity index (χ3n) is 1.98. The van der Waals surface area contributed by atoms with E-state index in [-0.39, 0.29) is 0 Å². The quantitative estimate of drug-likeness (QED) is 0.673. The normalized spacial score (nSPS) is 11.4. The lowest BCUT2D eigenvalue weighted by atomic mass is 10.5. The van der Waals surface area contributed by atoms with Gasteiger partial charge >= 0.3 is 0 Å². The van der Waals surface area contributed by atoms with Gasteiger partial charge in [0.05, 0.1) is 16.9 Å². The van der Waals surface area contributed by atoms with Crippen LogP contribution in [0.3, 0.4) is 0 Å². The Kier molecular flexibility index (Phi) is 3.25. The first-order valence-corrected chi connectivity index (χ1v) is 6.12. The van der Waals surface area contributed by atoms with E-state index in [0.29, 0.717) is 4.77 Å². The van der Waals surface area contributed by atoms with Gasteiger partial charge in [-0.25, -0.2) is 4.98 Å². The van der Waals surface area contributed by atoms with Crippen LogP contribution in [0.5, 0.6) is 0 Å². The summed E-state index contributed by atoms with van der Waals surface area (Å²) in [6, 6.07) is 0. The van der Waals surface area contributed by atoms with E-state index in [0.717, 1.165) is 22.9 Å². The third-order valence-corrected chi connectivity index (χ3v) is 3.03. The fraction of sp³-hybridized carbons (Fsp3) is 0.333. The summed E-state index contributed by atoms with van der Waals surface area (Å²) < 4.78 is 2.12. The zero-order chi connectivity index (χ0) is 11.5. The smallest absolute Gasteiger partial charge is 0.216 e. The van der Waals surface area contributed by atoms with E-state index in [4.69, 9.17) is 12.2 Å². The lowest BCUT2D eigenvalue weighted by Crippen LogP contribution is -1.97. The van der Waals surface area contributed by atoms with Gasteiger partial charge in [0.15, 0.2) is 5.82 Å². The molecule has 0 bridgehead atoms. The van der Waals surface area contributed by atoms with Gasteiger partial charge in [-0.2, -0.15) is 14.9 Å². The maximum absolute atomic E-state index is 5.07. The predicted molar refractivity (Wildman–Crippen MR) is 66.6 cm³/mol. The van der Waals surface area contributed by atoms with Crippen molar-refractivity contribution in [2.24, 2.45) is 5.10 Å². The first-order valence-electron chi connectivity index (χ1n) is 4.83. The number of hydrogen-bond acceptors (Lipinski definition) is 5. The molecule has 2 aromatic heterocycles. The molecule has 0 aromatic carbocycles. The molecule has 7 heteroatoms. The number of hydrogen-bond donors (Lipinski definition) is 1. The van der Waals surface area contributed by atoms with E-state index < -0.39 is 0 Å². The van der Waals surface area contributed by atoms with Gasteiger partial charge in [0.2, 0.25) is 4.77 Å². The molecule has 0 unspecified atom stereocenters. The fourth-order valence-corrected chi connectivity index (χ4v) is 1.99. The molecule has 2 rings (SSSR count). The van der Waals surface area contributed by atoms with Gasteiger partial charge in [0.1, 0.15) is 0 Å². The van der Waals surface area contributed by atoms with Crippen molar-refractivity contribution in [3.8, 4) is 0 Å². The number of H-pyrrole nitrogens is 1. The Labute approximate surface area is 102 Å². The lowest BCUT2D eigenvalue weighted by Gasteiger charge is -1.94. The molecule has 0 atom stereocenters. The monoisotopic (exact) mass is 253 g/mol. The first-order chi connectivity index (χ1) is 7.70. The van der Waals surface area contributed by atoms with Gasteiger partial charge in [-0.15, -0.1) is 11.3 Å². The van der Waals surface area contributed by atoms with Crippen LogP contribution in [0.1, 0.15) is 23.4 Å². The highest BCUT2D eigenvalue weighted by Gasteiger charge is 2.01. The number of thiazole rings is 1. The largest absolute Gasteiger partial charge is 0.250 e. The SMILES string of the molecule is CCc1n[nH]c(=S)n1/N=C/c1csc(C)n1. The molecular weight excluding hydrogens is 242 g/mol. The molecular formula is C9H11N5S2. The second-order valence-corrected chi connectivity index (χ2v) is 4.60. The highest BCUT2D eigenvalue weighted by molar-refractivity contribution is 7.71. The lowest BCUT2D eigenvalue weighted by molar-refractivity contribution is 0.780. The minimum atomic E-state index is 0.500. The molecule has 0 aliphatic heterocycles. The number of nitrogens with zero attached hydrogens (tertiary/aromatic N) is 4. The van der Waals surface area contributed by atoms with Crippen molar-refractivity contribution < 1.29 is 0 Å². The zero-order valence-electron chi connectivity index (χ0n) is 8.97. The molecule has 0 aliphatic carbocycles. The zero-order valence-corrected chi connectivity index (χ0v) is 10.6. The van der Waals surface area contributed by atoms with Crippen LogP contribution in [-0.4, -0.2) is 26.1 Å². The van der Waals surface area contributed by atoms with Crippen molar-refractivity contribution in [3.63, 3.8) is 0 Å². The molecule has 0 fully saturated rings. The van der Waals surface area contributed by atoms with Crippen LogP contribution in [0.15, 0.2) is 10.5 Å². The van der Waals surface area contributed by atoms with Gasteiger partial charge in [-0.3, -0.25) is 5.10 Å². The number of aryl methyl sites for hydroxylation is 2. The Morgan fingerprint density at radius 1 is 1.69 bits per heavy atom. The predicted octanol–water partition coefficient (Wildman–Crippen LogP) is 2.15. The van der Waals surface area contributed by atoms with Crippen LogP contribution in [0.4, 0.5) is 0 Å². The van der Waals surface area contributed by atoms with Crippen molar-refractivity contribution in [2.75, 3.05) is 0 Å². The first kappa shape index (κ1) is 11.2. The molecule has 1 N–H and O–H groups in total. The fourth-order valence-electron chi connectivity index (χ4n) is 1.23. The molecule has 2 heterocycles. The van der Waals surface area contributed by atoms with E-state index in [1.807, 2.05) is 19.2 Å². The summed E-state index contributed by atoms with van der Waals surface area (Å²) in [5.41, 5.74) is 0.840. The molecule has 0 saturated carbocycles. The molecule has 0 spiro atoms. The Morgan fingerprint density at radius 2 is 2.50 bits per heavy atom. The molecule has 84 valence electrons. The Morgan fingerprint density at radius 3 is 3.12 bits per heavy atom. The molecule has 0 saturated heterocycles. The van der Waals surface area contributed by atoms with E-state index in [9.17, 15) is 0 Å². The topological polar surface area (TPSA) is 58.9 Å². The summed E-state index contributed by atoms with van der Waals surface area (Å²) in [7, 11) is 0. The van der Waals surface area contributed by atoms with Gasteiger partial charge < -0.3 is 0 Å². The maximum Gasteiger partial charge on any atom is 0.216 e. The average molecular weight is 253 g/mol. The summed E-state index contributed by atoms with van der Waals surface area (Å²) in [4.78, 5) is 4.29. The van der Waals surface area contributed by atoms with Crippen molar-refractivity contribution >= 4 is 29.8 Å². The molecule has 5 nitrogen and oxygen atoms in total. The number of nitrogens with one attached hydrogen (secondary N) is 1. The number of aromatic nitrogens is 4. The Bertz CT molecular complexity index is 562. The Balaban J connectivity index is 2.29. The molecule has 0 amide bonds. The molecule has 2 aromatic rings. The summed E-state index contributed by atoms with van der Waals surface area (Å²) in [6.45, 7) is 3.97. The number of rotatable bonds is 3. The van der Waals surface area contributed by atoms with Crippen molar-refractivity contribution in [1.29, 1.82) is 0 Å². The van der Waals surface area contributed by atoms with E-state index in [2.05, 4.69) is 20.3 Å². The van der Waals surface area contributed by atoms with Crippen LogP contribution in [0.25, 0.3) is 0 Å². The summed E-state index contributed by atoms with van der Waals surface area (Å²) in [6.07, 6.45) is 2.47. The van der Waals surface area contributed by atoms with Gasteiger partial charge in [0, 0.05) is 11.8 Å². The summed E-state index contributed by atoms with van der Waals surface area (Å²) >= 11 is 6.67.